The van der Waals surface area contributed by atoms with Crippen LogP contribution in [0.15, 0.2) is 0 Å². The van der Waals surface area contributed by atoms with Crippen LogP contribution in [-0.2, 0) is 4.79 Å². The van der Waals surface area contributed by atoms with Gasteiger partial charge in [0.1, 0.15) is 0 Å². The van der Waals surface area contributed by atoms with Crippen LogP contribution >= 0.6 is 0 Å². The molecule has 0 aromatic rings. The van der Waals surface area contributed by atoms with Crippen LogP contribution in [0, 0.1) is 0 Å². The van der Waals surface area contributed by atoms with Gasteiger partial charge in [-0.15, -0.1) is 0 Å². The summed E-state index contributed by atoms with van der Waals surface area (Å²) in [6.07, 6.45) is 0. The lowest BCUT2D eigenvalue weighted by Crippen LogP contribution is -2.57. The Bertz CT molecular complexity index is 206. The van der Waals surface area contributed by atoms with Gasteiger partial charge in [-0.3, -0.25) is 9.69 Å². The summed E-state index contributed by atoms with van der Waals surface area (Å²) in [4.78, 5) is 15.7. The highest BCUT2D eigenvalue weighted by Crippen LogP contribution is 2.13. The largest absolute Gasteiger partial charge is 0.395 e. The van der Waals surface area contributed by atoms with E-state index < -0.39 is 0 Å². The first-order chi connectivity index (χ1) is 6.56. The van der Waals surface area contributed by atoms with Crippen molar-refractivity contribution in [3.8, 4) is 0 Å². The SMILES string of the molecule is CC(C)N1C(=O)CN(CCO)CC1C. The van der Waals surface area contributed by atoms with E-state index in [1.54, 1.807) is 0 Å². The van der Waals surface area contributed by atoms with Crippen molar-refractivity contribution in [2.75, 3.05) is 26.2 Å². The summed E-state index contributed by atoms with van der Waals surface area (Å²) in [7, 11) is 0. The van der Waals surface area contributed by atoms with Gasteiger partial charge in [-0.2, -0.15) is 0 Å². The molecule has 1 N–H and O–H groups in total. The first-order valence-corrected chi connectivity index (χ1v) is 5.20. The van der Waals surface area contributed by atoms with Gasteiger partial charge in [-0.05, 0) is 20.8 Å². The van der Waals surface area contributed by atoms with Crippen LogP contribution in [0.3, 0.4) is 0 Å². The minimum absolute atomic E-state index is 0.127. The minimum Gasteiger partial charge on any atom is -0.395 e. The number of nitrogens with zero attached hydrogens (tertiary/aromatic N) is 2. The van der Waals surface area contributed by atoms with Crippen LogP contribution in [0.2, 0.25) is 0 Å². The van der Waals surface area contributed by atoms with E-state index in [1.165, 1.54) is 0 Å². The molecule has 82 valence electrons. The number of hydrogen-bond acceptors (Lipinski definition) is 3. The van der Waals surface area contributed by atoms with Crippen LogP contribution in [0.1, 0.15) is 20.8 Å². The average molecular weight is 200 g/mol. The zero-order chi connectivity index (χ0) is 10.7. The Morgan fingerprint density at radius 3 is 2.64 bits per heavy atom. The molecule has 0 aromatic heterocycles. The number of aliphatic hydroxyl groups is 1. The molecule has 1 saturated heterocycles. The van der Waals surface area contributed by atoms with Crippen molar-refractivity contribution in [2.24, 2.45) is 0 Å². The fraction of sp³-hybridized carbons (Fsp3) is 0.900. The van der Waals surface area contributed by atoms with E-state index in [2.05, 4.69) is 6.92 Å². The van der Waals surface area contributed by atoms with E-state index in [0.717, 1.165) is 6.54 Å². The number of aliphatic hydroxyl groups excluding tert-OH is 1. The fourth-order valence-electron chi connectivity index (χ4n) is 2.15. The van der Waals surface area contributed by atoms with Crippen LogP contribution in [0.25, 0.3) is 0 Å². The number of carbonyl (C=O) groups excluding carboxylic acids is 1. The molecule has 0 saturated carbocycles. The molecule has 14 heavy (non-hydrogen) atoms. The van der Waals surface area contributed by atoms with Crippen LogP contribution in [-0.4, -0.2) is 59.1 Å². The molecular formula is C10H20N2O2. The zero-order valence-corrected chi connectivity index (χ0v) is 9.23. The molecule has 0 aromatic carbocycles. The summed E-state index contributed by atoms with van der Waals surface area (Å²) in [6, 6.07) is 0.525. The number of rotatable bonds is 3. The van der Waals surface area contributed by atoms with Crippen LogP contribution in [0.4, 0.5) is 0 Å². The normalized spacial score (nSPS) is 24.8. The Morgan fingerprint density at radius 2 is 2.21 bits per heavy atom. The number of hydrogen-bond donors (Lipinski definition) is 1. The van der Waals surface area contributed by atoms with E-state index >= 15 is 0 Å². The number of carbonyl (C=O) groups is 1. The Morgan fingerprint density at radius 1 is 1.57 bits per heavy atom. The van der Waals surface area contributed by atoms with Gasteiger partial charge in [0.15, 0.2) is 0 Å². The van der Waals surface area contributed by atoms with E-state index in [0.29, 0.717) is 13.1 Å². The molecule has 0 radical (unpaired) electrons. The number of piperazine rings is 1. The summed E-state index contributed by atoms with van der Waals surface area (Å²) >= 11 is 0. The Hall–Kier alpha value is -0.610. The third-order valence-electron chi connectivity index (χ3n) is 2.62. The lowest BCUT2D eigenvalue weighted by Gasteiger charge is -2.41. The van der Waals surface area contributed by atoms with Crippen molar-refractivity contribution >= 4 is 5.91 Å². The van der Waals surface area contributed by atoms with E-state index in [-0.39, 0.29) is 24.6 Å². The zero-order valence-electron chi connectivity index (χ0n) is 9.23. The summed E-state index contributed by atoms with van der Waals surface area (Å²) in [5.74, 6) is 0.173. The van der Waals surface area contributed by atoms with Crippen molar-refractivity contribution in [1.29, 1.82) is 0 Å². The van der Waals surface area contributed by atoms with Crippen molar-refractivity contribution in [1.82, 2.24) is 9.80 Å². The maximum absolute atomic E-state index is 11.7. The summed E-state index contributed by atoms with van der Waals surface area (Å²) in [5, 5.41) is 8.80. The molecule has 1 amide bonds. The second-order valence-electron chi connectivity index (χ2n) is 4.20. The van der Waals surface area contributed by atoms with Crippen molar-refractivity contribution in [3.63, 3.8) is 0 Å². The van der Waals surface area contributed by atoms with Crippen molar-refractivity contribution in [3.05, 3.63) is 0 Å². The lowest BCUT2D eigenvalue weighted by molar-refractivity contribution is -0.141. The Labute approximate surface area is 85.5 Å². The molecule has 1 rings (SSSR count). The first kappa shape index (κ1) is 11.5. The fourth-order valence-corrected chi connectivity index (χ4v) is 2.15. The van der Waals surface area contributed by atoms with E-state index in [9.17, 15) is 4.79 Å². The minimum atomic E-state index is 0.127. The van der Waals surface area contributed by atoms with Gasteiger partial charge in [-0.1, -0.05) is 0 Å². The quantitative estimate of drug-likeness (QED) is 0.693. The average Bonchev–Trinajstić information content (AvgIpc) is 2.01. The summed E-state index contributed by atoms with van der Waals surface area (Å²) < 4.78 is 0. The molecule has 1 aliphatic heterocycles. The standard InChI is InChI=1S/C10H20N2O2/c1-8(2)12-9(3)6-11(4-5-13)7-10(12)14/h8-9,13H,4-7H2,1-3H3. The molecule has 0 bridgehead atoms. The monoisotopic (exact) mass is 200 g/mol. The van der Waals surface area contributed by atoms with E-state index in [1.807, 2.05) is 23.6 Å². The van der Waals surface area contributed by atoms with Crippen molar-refractivity contribution in [2.45, 2.75) is 32.9 Å². The van der Waals surface area contributed by atoms with Gasteiger partial charge in [0.2, 0.25) is 5.91 Å². The molecular weight excluding hydrogens is 180 g/mol. The first-order valence-electron chi connectivity index (χ1n) is 5.20. The summed E-state index contributed by atoms with van der Waals surface area (Å²) in [5.41, 5.74) is 0. The van der Waals surface area contributed by atoms with Gasteiger partial charge < -0.3 is 10.0 Å². The molecule has 4 heteroatoms. The van der Waals surface area contributed by atoms with Gasteiger partial charge in [0.05, 0.1) is 13.2 Å². The van der Waals surface area contributed by atoms with Gasteiger partial charge in [0, 0.05) is 25.2 Å². The Balaban J connectivity index is 2.58. The highest BCUT2D eigenvalue weighted by molar-refractivity contribution is 5.79. The number of β-amino-alcohol motifs (C(OH)–C–C–N with tert-alkyl or cyclic N) is 1. The van der Waals surface area contributed by atoms with Gasteiger partial charge in [-0.25, -0.2) is 0 Å². The van der Waals surface area contributed by atoms with Crippen LogP contribution in [0.5, 0.6) is 0 Å². The second-order valence-corrected chi connectivity index (χ2v) is 4.20. The van der Waals surface area contributed by atoms with Crippen LogP contribution < -0.4 is 0 Å². The van der Waals surface area contributed by atoms with Crippen molar-refractivity contribution < 1.29 is 9.90 Å². The molecule has 1 unspecified atom stereocenters. The third-order valence-corrected chi connectivity index (χ3v) is 2.62. The maximum atomic E-state index is 11.7. The van der Waals surface area contributed by atoms with Gasteiger partial charge in [0.25, 0.3) is 0 Å². The predicted octanol–water partition coefficient (Wildman–Crippen LogP) is -0.0802. The topological polar surface area (TPSA) is 43.8 Å². The molecule has 1 fully saturated rings. The predicted molar refractivity (Wildman–Crippen MR) is 55.0 cm³/mol. The second kappa shape index (κ2) is 4.75. The molecule has 1 aliphatic rings. The number of amides is 1. The highest BCUT2D eigenvalue weighted by Gasteiger charge is 2.30. The molecule has 1 atom stereocenters. The molecule has 0 spiro atoms. The molecule has 4 nitrogen and oxygen atoms in total. The highest BCUT2D eigenvalue weighted by atomic mass is 16.3. The third kappa shape index (κ3) is 2.45. The lowest BCUT2D eigenvalue weighted by atomic mass is 10.1. The maximum Gasteiger partial charge on any atom is 0.237 e. The Kier molecular flexibility index (Phi) is 3.89. The molecule has 1 heterocycles. The smallest absolute Gasteiger partial charge is 0.237 e. The van der Waals surface area contributed by atoms with E-state index in [4.69, 9.17) is 5.11 Å². The molecule has 0 aliphatic carbocycles. The van der Waals surface area contributed by atoms with Gasteiger partial charge >= 0.3 is 0 Å². The summed E-state index contributed by atoms with van der Waals surface area (Å²) in [6.45, 7) is 8.17.